The molecule has 2 aromatic carbocycles. The van der Waals surface area contributed by atoms with Gasteiger partial charge in [-0.2, -0.15) is 0 Å². The Morgan fingerprint density at radius 2 is 1.62 bits per heavy atom. The lowest BCUT2D eigenvalue weighted by Gasteiger charge is -2.32. The highest BCUT2D eigenvalue weighted by Gasteiger charge is 2.26. The maximum absolute atomic E-state index is 12.6. The monoisotopic (exact) mass is 317 g/mol. The third-order valence-corrected chi connectivity index (χ3v) is 4.75. The van der Waals surface area contributed by atoms with Crippen LogP contribution in [0.4, 0.5) is 5.82 Å². The fourth-order valence-electron chi connectivity index (χ4n) is 3.43. The fraction of sp³-hybridized carbons (Fsp3) is 0.250. The molecule has 4 rings (SSSR count). The third-order valence-electron chi connectivity index (χ3n) is 4.75. The van der Waals surface area contributed by atoms with Gasteiger partial charge in [0.2, 0.25) is 0 Å². The minimum absolute atomic E-state index is 0.108. The number of para-hydroxylation sites is 1. The van der Waals surface area contributed by atoms with Crippen molar-refractivity contribution in [3.8, 4) is 0 Å². The van der Waals surface area contributed by atoms with Crippen LogP contribution in [0.3, 0.4) is 0 Å². The fourth-order valence-corrected chi connectivity index (χ4v) is 3.43. The van der Waals surface area contributed by atoms with E-state index in [4.69, 9.17) is 0 Å². The van der Waals surface area contributed by atoms with Crippen LogP contribution in [0.25, 0.3) is 10.9 Å². The van der Waals surface area contributed by atoms with E-state index < -0.39 is 0 Å². The lowest BCUT2D eigenvalue weighted by atomic mass is 9.89. The molecule has 4 nitrogen and oxygen atoms in total. The molecule has 120 valence electrons. The quantitative estimate of drug-likeness (QED) is 0.691. The van der Waals surface area contributed by atoms with Crippen LogP contribution >= 0.6 is 0 Å². The first kappa shape index (κ1) is 14.8. The average molecular weight is 317 g/mol. The zero-order valence-electron chi connectivity index (χ0n) is 13.4. The second kappa shape index (κ2) is 6.40. The highest BCUT2D eigenvalue weighted by molar-refractivity contribution is 5.98. The average Bonchev–Trinajstić information content (AvgIpc) is 2.68. The summed E-state index contributed by atoms with van der Waals surface area (Å²) in [5.74, 6) is 1.35. The van der Waals surface area contributed by atoms with Gasteiger partial charge in [-0.25, -0.2) is 9.97 Å². The van der Waals surface area contributed by atoms with Gasteiger partial charge in [0.15, 0.2) is 5.78 Å². The van der Waals surface area contributed by atoms with E-state index in [-0.39, 0.29) is 11.7 Å². The summed E-state index contributed by atoms with van der Waals surface area (Å²) < 4.78 is 0. The van der Waals surface area contributed by atoms with Crippen LogP contribution in [0.5, 0.6) is 0 Å². The highest BCUT2D eigenvalue weighted by atomic mass is 16.1. The third kappa shape index (κ3) is 2.75. The largest absolute Gasteiger partial charge is 0.356 e. The first-order valence-electron chi connectivity index (χ1n) is 8.37. The van der Waals surface area contributed by atoms with E-state index in [1.165, 1.54) is 0 Å². The molecule has 3 aromatic rings. The van der Waals surface area contributed by atoms with Crippen molar-refractivity contribution in [2.24, 2.45) is 5.92 Å². The molecule has 4 heteroatoms. The van der Waals surface area contributed by atoms with Crippen molar-refractivity contribution in [1.29, 1.82) is 0 Å². The second-order valence-electron chi connectivity index (χ2n) is 6.21. The van der Waals surface area contributed by atoms with Gasteiger partial charge in [-0.1, -0.05) is 42.5 Å². The van der Waals surface area contributed by atoms with Crippen molar-refractivity contribution in [2.75, 3.05) is 18.0 Å². The van der Waals surface area contributed by atoms with Gasteiger partial charge in [0.1, 0.15) is 12.1 Å². The van der Waals surface area contributed by atoms with Gasteiger partial charge >= 0.3 is 0 Å². The normalized spacial score (nSPS) is 15.6. The van der Waals surface area contributed by atoms with Crippen molar-refractivity contribution in [1.82, 2.24) is 9.97 Å². The number of nitrogens with zero attached hydrogens (tertiary/aromatic N) is 3. The lowest BCUT2D eigenvalue weighted by Crippen LogP contribution is -2.37. The number of carbonyl (C=O) groups excluding carboxylic acids is 1. The number of benzene rings is 2. The van der Waals surface area contributed by atoms with Gasteiger partial charge < -0.3 is 4.90 Å². The number of fused-ring (bicyclic) bond motifs is 1. The maximum Gasteiger partial charge on any atom is 0.166 e. The maximum atomic E-state index is 12.6. The summed E-state index contributed by atoms with van der Waals surface area (Å²) in [5.41, 5.74) is 1.79. The molecule has 0 bridgehead atoms. The summed E-state index contributed by atoms with van der Waals surface area (Å²) in [6.45, 7) is 1.70. The van der Waals surface area contributed by atoms with Crippen molar-refractivity contribution >= 4 is 22.5 Å². The van der Waals surface area contributed by atoms with E-state index >= 15 is 0 Å². The summed E-state index contributed by atoms with van der Waals surface area (Å²) in [6.07, 6.45) is 3.36. The molecule has 1 aromatic heterocycles. The highest BCUT2D eigenvalue weighted by Crippen LogP contribution is 2.28. The molecule has 1 saturated heterocycles. The van der Waals surface area contributed by atoms with Crippen LogP contribution in [0.15, 0.2) is 60.9 Å². The van der Waals surface area contributed by atoms with Crippen molar-refractivity contribution in [3.63, 3.8) is 0 Å². The Bertz CT molecular complexity index is 850. The summed E-state index contributed by atoms with van der Waals surface area (Å²) in [6, 6.07) is 17.7. The molecular weight excluding hydrogens is 298 g/mol. The van der Waals surface area contributed by atoms with E-state index in [0.29, 0.717) is 0 Å². The molecule has 0 N–H and O–H groups in total. The van der Waals surface area contributed by atoms with E-state index in [0.717, 1.165) is 48.2 Å². The zero-order valence-corrected chi connectivity index (χ0v) is 13.4. The van der Waals surface area contributed by atoms with E-state index in [1.807, 2.05) is 48.5 Å². The predicted molar refractivity (Wildman–Crippen MR) is 95.2 cm³/mol. The molecule has 1 aliphatic rings. The van der Waals surface area contributed by atoms with E-state index in [1.54, 1.807) is 6.33 Å². The number of anilines is 1. The molecule has 0 spiro atoms. The second-order valence-corrected chi connectivity index (χ2v) is 6.21. The molecule has 0 atom stereocenters. The number of hydrogen-bond acceptors (Lipinski definition) is 4. The Hall–Kier alpha value is -2.75. The number of ketones is 1. The zero-order chi connectivity index (χ0) is 16.4. The number of Topliss-reactive ketones (excluding diaryl/α,β-unsaturated/α-hetero) is 1. The summed E-state index contributed by atoms with van der Waals surface area (Å²) in [7, 11) is 0. The Labute approximate surface area is 141 Å². The Morgan fingerprint density at radius 1 is 0.917 bits per heavy atom. The van der Waals surface area contributed by atoms with Gasteiger partial charge in [0, 0.05) is 30.0 Å². The van der Waals surface area contributed by atoms with Crippen LogP contribution in [0, 0.1) is 5.92 Å². The molecule has 2 heterocycles. The van der Waals surface area contributed by atoms with Gasteiger partial charge in [-0.15, -0.1) is 0 Å². The SMILES string of the molecule is O=C(c1ccccc1)C1CCN(c2ncnc3ccccc23)CC1. The van der Waals surface area contributed by atoms with Gasteiger partial charge in [-0.3, -0.25) is 4.79 Å². The summed E-state index contributed by atoms with van der Waals surface area (Å²) in [4.78, 5) is 23.7. The van der Waals surface area contributed by atoms with Crippen molar-refractivity contribution in [3.05, 3.63) is 66.5 Å². The molecule has 0 unspecified atom stereocenters. The Balaban J connectivity index is 1.51. The number of piperidine rings is 1. The van der Waals surface area contributed by atoms with E-state index in [2.05, 4.69) is 20.9 Å². The number of carbonyl (C=O) groups is 1. The standard InChI is InChI=1S/C20H19N3O/c24-19(15-6-2-1-3-7-15)16-10-12-23(13-11-16)20-17-8-4-5-9-18(17)21-14-22-20/h1-9,14,16H,10-13H2. The van der Waals surface area contributed by atoms with Crippen LogP contribution in [0.1, 0.15) is 23.2 Å². The molecule has 0 saturated carbocycles. The topological polar surface area (TPSA) is 46.1 Å². The summed E-state index contributed by atoms with van der Waals surface area (Å²) >= 11 is 0. The molecule has 24 heavy (non-hydrogen) atoms. The molecule has 0 radical (unpaired) electrons. The number of hydrogen-bond donors (Lipinski definition) is 0. The lowest BCUT2D eigenvalue weighted by molar-refractivity contribution is 0.0900. The van der Waals surface area contributed by atoms with Crippen molar-refractivity contribution in [2.45, 2.75) is 12.8 Å². The Kier molecular flexibility index (Phi) is 3.95. The molecule has 0 aliphatic carbocycles. The van der Waals surface area contributed by atoms with E-state index in [9.17, 15) is 4.79 Å². The Morgan fingerprint density at radius 3 is 2.42 bits per heavy atom. The number of aromatic nitrogens is 2. The van der Waals surface area contributed by atoms with Crippen LogP contribution in [-0.4, -0.2) is 28.8 Å². The minimum atomic E-state index is 0.108. The molecule has 0 amide bonds. The predicted octanol–water partition coefficient (Wildman–Crippen LogP) is 3.73. The van der Waals surface area contributed by atoms with Crippen molar-refractivity contribution < 1.29 is 4.79 Å². The minimum Gasteiger partial charge on any atom is -0.356 e. The van der Waals surface area contributed by atoms with Crippen LogP contribution in [-0.2, 0) is 0 Å². The van der Waals surface area contributed by atoms with Crippen LogP contribution in [0.2, 0.25) is 0 Å². The van der Waals surface area contributed by atoms with Gasteiger partial charge in [-0.05, 0) is 25.0 Å². The molecule has 1 fully saturated rings. The van der Waals surface area contributed by atoms with Gasteiger partial charge in [0.25, 0.3) is 0 Å². The first-order valence-corrected chi connectivity index (χ1v) is 8.37. The smallest absolute Gasteiger partial charge is 0.166 e. The molecular formula is C20H19N3O. The van der Waals surface area contributed by atoms with Gasteiger partial charge in [0.05, 0.1) is 5.52 Å². The van der Waals surface area contributed by atoms with Crippen LogP contribution < -0.4 is 4.90 Å². The summed E-state index contributed by atoms with van der Waals surface area (Å²) in [5, 5.41) is 1.08. The molecule has 1 aliphatic heterocycles. The first-order chi connectivity index (χ1) is 11.8. The number of rotatable bonds is 3.